The lowest BCUT2D eigenvalue weighted by molar-refractivity contribution is -0.139. The number of rotatable bonds is 7. The molecule has 0 saturated heterocycles. The normalized spacial score (nSPS) is 13.1. The highest BCUT2D eigenvalue weighted by atomic mass is 32.2. The highest BCUT2D eigenvalue weighted by Gasteiger charge is 2.26. The van der Waals surface area contributed by atoms with E-state index in [1.165, 1.54) is 24.3 Å². The third-order valence-electron chi connectivity index (χ3n) is 2.75. The highest BCUT2D eigenvalue weighted by molar-refractivity contribution is 7.89. The first-order valence-electron chi connectivity index (χ1n) is 6.28. The Labute approximate surface area is 123 Å². The fourth-order valence-corrected chi connectivity index (χ4v) is 2.93. The third-order valence-corrected chi connectivity index (χ3v) is 4.24. The van der Waals surface area contributed by atoms with Gasteiger partial charge < -0.3 is 10.8 Å². The first-order chi connectivity index (χ1) is 9.63. The molecule has 1 atom stereocenters. The fourth-order valence-electron chi connectivity index (χ4n) is 1.72. The second-order valence-electron chi connectivity index (χ2n) is 5.03. The molecule has 0 heterocycles. The molecule has 21 heavy (non-hydrogen) atoms. The second-order valence-corrected chi connectivity index (χ2v) is 6.74. The summed E-state index contributed by atoms with van der Waals surface area (Å²) in [7, 11) is -3.98. The van der Waals surface area contributed by atoms with E-state index in [0.29, 0.717) is 0 Å². The van der Waals surface area contributed by atoms with Crippen LogP contribution in [0.4, 0.5) is 0 Å². The van der Waals surface area contributed by atoms with E-state index < -0.39 is 27.9 Å². The van der Waals surface area contributed by atoms with Gasteiger partial charge in [0.25, 0.3) is 0 Å². The van der Waals surface area contributed by atoms with E-state index in [0.717, 1.165) is 0 Å². The Morgan fingerprint density at radius 1 is 1.24 bits per heavy atom. The van der Waals surface area contributed by atoms with Gasteiger partial charge in [0.1, 0.15) is 6.04 Å². The van der Waals surface area contributed by atoms with Gasteiger partial charge in [-0.1, -0.05) is 13.8 Å². The Balaban J connectivity index is 2.98. The largest absolute Gasteiger partial charge is 0.480 e. The molecule has 8 heteroatoms. The fraction of sp³-hybridized carbons (Fsp3) is 0.385. The predicted octanol–water partition coefficient (Wildman–Crippen LogP) is 0.563. The van der Waals surface area contributed by atoms with Crippen molar-refractivity contribution in [2.45, 2.75) is 31.2 Å². The molecule has 0 aromatic heterocycles. The molecule has 1 aromatic carbocycles. The summed E-state index contributed by atoms with van der Waals surface area (Å²) in [6.07, 6.45) is 0.175. The number of carbonyl (C=O) groups is 2. The molecule has 0 aliphatic rings. The quantitative estimate of drug-likeness (QED) is 0.678. The van der Waals surface area contributed by atoms with Gasteiger partial charge in [0.05, 0.1) is 4.90 Å². The van der Waals surface area contributed by atoms with Gasteiger partial charge in [-0.05, 0) is 36.6 Å². The summed E-state index contributed by atoms with van der Waals surface area (Å²) in [6, 6.07) is 3.75. The van der Waals surface area contributed by atoms with Gasteiger partial charge in [-0.2, -0.15) is 4.72 Å². The van der Waals surface area contributed by atoms with Crippen LogP contribution in [0.2, 0.25) is 0 Å². The van der Waals surface area contributed by atoms with E-state index in [2.05, 4.69) is 4.72 Å². The number of sulfonamides is 1. The lowest BCUT2D eigenvalue weighted by atomic mass is 10.1. The van der Waals surface area contributed by atoms with Crippen LogP contribution >= 0.6 is 0 Å². The number of hydrogen-bond donors (Lipinski definition) is 3. The number of nitrogens with one attached hydrogen (secondary N) is 1. The molecule has 0 aliphatic carbocycles. The molecule has 116 valence electrons. The van der Waals surface area contributed by atoms with Crippen LogP contribution in [0, 0.1) is 5.92 Å². The zero-order valence-corrected chi connectivity index (χ0v) is 12.6. The topological polar surface area (TPSA) is 127 Å². The summed E-state index contributed by atoms with van der Waals surface area (Å²) in [6.45, 7) is 3.60. The molecular weight excluding hydrogens is 296 g/mol. The van der Waals surface area contributed by atoms with Gasteiger partial charge >= 0.3 is 5.97 Å². The standard InChI is InChI=1S/C13H18N2O5S/c1-8(2)7-11(13(17)18)15-21(19,20)10-5-3-9(4-6-10)12(14)16/h3-6,8,11,15H,7H2,1-2H3,(H2,14,16)(H,17,18)/t11-/m1/s1. The number of primary amides is 1. The Morgan fingerprint density at radius 2 is 1.76 bits per heavy atom. The summed E-state index contributed by atoms with van der Waals surface area (Å²) >= 11 is 0. The minimum absolute atomic E-state index is 0.0195. The van der Waals surface area contributed by atoms with Crippen LogP contribution in [0.1, 0.15) is 30.6 Å². The lowest BCUT2D eigenvalue weighted by Crippen LogP contribution is -2.41. The summed E-state index contributed by atoms with van der Waals surface area (Å²) in [5.41, 5.74) is 5.24. The van der Waals surface area contributed by atoms with Crippen LogP contribution < -0.4 is 10.5 Å². The van der Waals surface area contributed by atoms with Crippen LogP contribution in [-0.2, 0) is 14.8 Å². The van der Waals surface area contributed by atoms with Crippen LogP contribution in [0.3, 0.4) is 0 Å². The number of benzene rings is 1. The number of carboxylic acids is 1. The number of hydrogen-bond acceptors (Lipinski definition) is 4. The predicted molar refractivity (Wildman–Crippen MR) is 76.2 cm³/mol. The van der Waals surface area contributed by atoms with Crippen molar-refractivity contribution in [2.24, 2.45) is 11.7 Å². The summed E-state index contributed by atoms with van der Waals surface area (Å²) in [5, 5.41) is 9.06. The molecule has 0 fully saturated rings. The minimum Gasteiger partial charge on any atom is -0.480 e. The van der Waals surface area contributed by atoms with Crippen LogP contribution in [-0.4, -0.2) is 31.4 Å². The van der Waals surface area contributed by atoms with Crippen LogP contribution in [0.5, 0.6) is 0 Å². The number of carbonyl (C=O) groups excluding carboxylic acids is 1. The molecule has 0 aliphatic heterocycles. The van der Waals surface area contributed by atoms with E-state index in [9.17, 15) is 18.0 Å². The first-order valence-corrected chi connectivity index (χ1v) is 7.77. The molecule has 0 spiro atoms. The van der Waals surface area contributed by atoms with Crippen molar-refractivity contribution >= 4 is 21.9 Å². The van der Waals surface area contributed by atoms with E-state index in [1.54, 1.807) is 13.8 Å². The smallest absolute Gasteiger partial charge is 0.321 e. The van der Waals surface area contributed by atoms with Crippen molar-refractivity contribution in [1.29, 1.82) is 0 Å². The third kappa shape index (κ3) is 4.83. The summed E-state index contributed by atoms with van der Waals surface area (Å²) in [5.74, 6) is -1.89. The van der Waals surface area contributed by atoms with Crippen molar-refractivity contribution in [3.63, 3.8) is 0 Å². The maximum absolute atomic E-state index is 12.1. The number of carboxylic acid groups (broad SMARTS) is 1. The van der Waals surface area contributed by atoms with E-state index in [-0.39, 0.29) is 22.8 Å². The Hall–Kier alpha value is -1.93. The zero-order chi connectivity index (χ0) is 16.2. The van der Waals surface area contributed by atoms with Crippen molar-refractivity contribution in [1.82, 2.24) is 4.72 Å². The lowest BCUT2D eigenvalue weighted by Gasteiger charge is -2.16. The van der Waals surface area contributed by atoms with E-state index >= 15 is 0 Å². The average Bonchev–Trinajstić information content (AvgIpc) is 2.37. The van der Waals surface area contributed by atoms with Crippen LogP contribution in [0.15, 0.2) is 29.2 Å². The molecule has 0 radical (unpaired) electrons. The van der Waals surface area contributed by atoms with Gasteiger partial charge in [-0.3, -0.25) is 9.59 Å². The molecule has 4 N–H and O–H groups in total. The van der Waals surface area contributed by atoms with Gasteiger partial charge in [-0.15, -0.1) is 0 Å². The molecule has 0 unspecified atom stereocenters. The van der Waals surface area contributed by atoms with E-state index in [4.69, 9.17) is 10.8 Å². The van der Waals surface area contributed by atoms with Crippen LogP contribution in [0.25, 0.3) is 0 Å². The molecule has 1 amide bonds. The second kappa shape index (κ2) is 6.68. The van der Waals surface area contributed by atoms with Gasteiger partial charge in [0.2, 0.25) is 15.9 Å². The van der Waals surface area contributed by atoms with Gasteiger partial charge in [0, 0.05) is 5.56 Å². The summed E-state index contributed by atoms with van der Waals surface area (Å²) in [4.78, 5) is 21.9. The number of amides is 1. The molecule has 7 nitrogen and oxygen atoms in total. The maximum Gasteiger partial charge on any atom is 0.321 e. The maximum atomic E-state index is 12.1. The summed E-state index contributed by atoms with van der Waals surface area (Å²) < 4.78 is 26.4. The number of nitrogens with two attached hydrogens (primary N) is 1. The number of aliphatic carboxylic acids is 1. The Kier molecular flexibility index (Phi) is 5.45. The van der Waals surface area contributed by atoms with Crippen molar-refractivity contribution in [3.05, 3.63) is 29.8 Å². The zero-order valence-electron chi connectivity index (χ0n) is 11.7. The molecule has 1 aromatic rings. The molecular formula is C13H18N2O5S. The van der Waals surface area contributed by atoms with Crippen molar-refractivity contribution in [2.75, 3.05) is 0 Å². The van der Waals surface area contributed by atoms with E-state index in [1.807, 2.05) is 0 Å². The minimum atomic E-state index is -3.98. The average molecular weight is 314 g/mol. The molecule has 0 saturated carbocycles. The SMILES string of the molecule is CC(C)C[C@@H](NS(=O)(=O)c1ccc(C(N)=O)cc1)C(=O)O. The highest BCUT2D eigenvalue weighted by Crippen LogP contribution is 2.13. The Morgan fingerprint density at radius 3 is 2.14 bits per heavy atom. The van der Waals surface area contributed by atoms with Crippen molar-refractivity contribution < 1.29 is 23.1 Å². The van der Waals surface area contributed by atoms with Crippen molar-refractivity contribution in [3.8, 4) is 0 Å². The molecule has 0 bridgehead atoms. The first kappa shape index (κ1) is 17.1. The molecule has 1 rings (SSSR count). The Bertz CT molecular complexity index is 622. The van der Waals surface area contributed by atoms with Gasteiger partial charge in [-0.25, -0.2) is 8.42 Å². The monoisotopic (exact) mass is 314 g/mol. The van der Waals surface area contributed by atoms with Gasteiger partial charge in [0.15, 0.2) is 0 Å².